The molecule has 0 atom stereocenters. The van der Waals surface area contributed by atoms with Gasteiger partial charge in [0, 0.05) is 10.6 Å². The molecule has 5 heteroatoms. The zero-order chi connectivity index (χ0) is 17.2. The fraction of sp³-hybridized carbons (Fsp3) is 0.263. The monoisotopic (exact) mass is 344 g/mol. The molecule has 0 saturated heterocycles. The number of amides is 1. The minimum absolute atomic E-state index is 0.173. The fourth-order valence-electron chi connectivity index (χ4n) is 2.07. The second kappa shape index (κ2) is 9.73. The van der Waals surface area contributed by atoms with E-state index in [0.717, 1.165) is 24.0 Å². The molecule has 0 aromatic heterocycles. The maximum Gasteiger partial charge on any atom is 0.244 e. The van der Waals surface area contributed by atoms with Crippen molar-refractivity contribution in [3.63, 3.8) is 0 Å². The van der Waals surface area contributed by atoms with Crippen molar-refractivity contribution in [3.8, 4) is 5.75 Å². The third-order valence-electron chi connectivity index (χ3n) is 3.33. The van der Waals surface area contributed by atoms with Gasteiger partial charge in [0.25, 0.3) is 0 Å². The van der Waals surface area contributed by atoms with Crippen LogP contribution in [0, 0.1) is 0 Å². The van der Waals surface area contributed by atoms with Crippen LogP contribution in [-0.4, -0.2) is 18.7 Å². The van der Waals surface area contributed by atoms with Crippen molar-refractivity contribution >= 4 is 23.7 Å². The lowest BCUT2D eigenvalue weighted by molar-refractivity contribution is -0.120. The number of ether oxygens (including phenoxy) is 1. The lowest BCUT2D eigenvalue weighted by atomic mass is 10.1. The van der Waals surface area contributed by atoms with Crippen molar-refractivity contribution in [1.82, 2.24) is 5.43 Å². The normalized spacial score (nSPS) is 10.8. The molecule has 24 heavy (non-hydrogen) atoms. The number of hydrazone groups is 1. The van der Waals surface area contributed by atoms with E-state index in [0.29, 0.717) is 17.4 Å². The van der Waals surface area contributed by atoms with Gasteiger partial charge < -0.3 is 4.74 Å². The predicted molar refractivity (Wildman–Crippen MR) is 97.7 cm³/mol. The first kappa shape index (κ1) is 18.0. The Kier molecular flexibility index (Phi) is 7.30. The van der Waals surface area contributed by atoms with Crippen molar-refractivity contribution in [2.45, 2.75) is 26.2 Å². The van der Waals surface area contributed by atoms with Crippen LogP contribution >= 0.6 is 11.6 Å². The molecule has 2 aromatic carbocycles. The van der Waals surface area contributed by atoms with Gasteiger partial charge in [-0.15, -0.1) is 0 Å². The summed E-state index contributed by atoms with van der Waals surface area (Å²) >= 11 is 6.02. The topological polar surface area (TPSA) is 50.7 Å². The second-order valence-electron chi connectivity index (χ2n) is 5.34. The highest BCUT2D eigenvalue weighted by molar-refractivity contribution is 6.30. The Morgan fingerprint density at radius 3 is 2.79 bits per heavy atom. The van der Waals surface area contributed by atoms with Crippen molar-refractivity contribution in [3.05, 3.63) is 64.7 Å². The summed E-state index contributed by atoms with van der Waals surface area (Å²) < 4.78 is 5.72. The van der Waals surface area contributed by atoms with Crippen LogP contribution in [0.15, 0.2) is 53.6 Å². The van der Waals surface area contributed by atoms with Crippen LogP contribution in [-0.2, 0) is 11.2 Å². The lowest BCUT2D eigenvalue weighted by Gasteiger charge is -2.08. The van der Waals surface area contributed by atoms with Gasteiger partial charge in [-0.25, -0.2) is 5.43 Å². The van der Waals surface area contributed by atoms with E-state index in [-0.39, 0.29) is 12.3 Å². The molecule has 0 unspecified atom stereocenters. The standard InChI is InChI=1S/C19H21ClN2O2/c1-2-3-11-24-18-10-9-17(20)13-16(18)14-21-22-19(23)12-15-7-5-4-6-8-15/h4-10,13-14H,2-3,11-12H2,1H3,(H,22,23)/b21-14+. The molecule has 0 fully saturated rings. The number of halogens is 1. The van der Waals surface area contributed by atoms with E-state index in [1.807, 2.05) is 36.4 Å². The van der Waals surface area contributed by atoms with Gasteiger partial charge in [-0.3, -0.25) is 4.79 Å². The Morgan fingerprint density at radius 1 is 1.25 bits per heavy atom. The first-order valence-corrected chi connectivity index (χ1v) is 8.35. The molecule has 0 heterocycles. The first-order valence-electron chi connectivity index (χ1n) is 7.97. The van der Waals surface area contributed by atoms with Crippen molar-refractivity contribution in [2.24, 2.45) is 5.10 Å². The Morgan fingerprint density at radius 2 is 2.04 bits per heavy atom. The Labute approximate surface area is 147 Å². The summed E-state index contributed by atoms with van der Waals surface area (Å²) in [5, 5.41) is 4.60. The van der Waals surface area contributed by atoms with Gasteiger partial charge in [-0.2, -0.15) is 5.10 Å². The van der Waals surface area contributed by atoms with Crippen LogP contribution in [0.1, 0.15) is 30.9 Å². The molecule has 2 rings (SSSR count). The van der Waals surface area contributed by atoms with E-state index >= 15 is 0 Å². The van der Waals surface area contributed by atoms with Gasteiger partial charge >= 0.3 is 0 Å². The van der Waals surface area contributed by atoms with E-state index in [9.17, 15) is 4.79 Å². The summed E-state index contributed by atoms with van der Waals surface area (Å²) in [6, 6.07) is 14.9. The number of rotatable bonds is 8. The molecule has 0 spiro atoms. The van der Waals surface area contributed by atoms with Crippen LogP contribution in [0.2, 0.25) is 5.02 Å². The molecule has 0 bridgehead atoms. The van der Waals surface area contributed by atoms with Gasteiger partial charge in [0.15, 0.2) is 0 Å². The van der Waals surface area contributed by atoms with Crippen LogP contribution in [0.5, 0.6) is 5.75 Å². The zero-order valence-electron chi connectivity index (χ0n) is 13.7. The van der Waals surface area contributed by atoms with Gasteiger partial charge in [0.1, 0.15) is 5.75 Å². The number of nitrogens with zero attached hydrogens (tertiary/aromatic N) is 1. The van der Waals surface area contributed by atoms with E-state index in [1.165, 1.54) is 0 Å². The van der Waals surface area contributed by atoms with Gasteiger partial charge in [0.05, 0.1) is 19.2 Å². The van der Waals surface area contributed by atoms with Crippen LogP contribution < -0.4 is 10.2 Å². The lowest BCUT2D eigenvalue weighted by Crippen LogP contribution is -2.19. The minimum Gasteiger partial charge on any atom is -0.493 e. The predicted octanol–water partition coefficient (Wildman–Crippen LogP) is 4.21. The molecule has 2 aromatic rings. The molecule has 4 nitrogen and oxygen atoms in total. The van der Waals surface area contributed by atoms with Gasteiger partial charge in [0.2, 0.25) is 5.91 Å². The quantitative estimate of drug-likeness (QED) is 0.443. The molecule has 0 radical (unpaired) electrons. The number of hydrogen-bond donors (Lipinski definition) is 1. The van der Waals surface area contributed by atoms with Crippen LogP contribution in [0.4, 0.5) is 0 Å². The summed E-state index contributed by atoms with van der Waals surface area (Å²) in [6.45, 7) is 2.75. The highest BCUT2D eigenvalue weighted by atomic mass is 35.5. The van der Waals surface area contributed by atoms with Gasteiger partial charge in [-0.1, -0.05) is 55.3 Å². The van der Waals surface area contributed by atoms with E-state index in [4.69, 9.17) is 16.3 Å². The Hall–Kier alpha value is -2.33. The first-order chi connectivity index (χ1) is 11.7. The number of nitrogens with one attached hydrogen (secondary N) is 1. The average Bonchev–Trinajstić information content (AvgIpc) is 2.58. The molecule has 0 aliphatic heterocycles. The highest BCUT2D eigenvalue weighted by Crippen LogP contribution is 2.21. The van der Waals surface area contributed by atoms with Crippen LogP contribution in [0.25, 0.3) is 0 Å². The minimum atomic E-state index is -0.173. The highest BCUT2D eigenvalue weighted by Gasteiger charge is 2.04. The summed E-state index contributed by atoms with van der Waals surface area (Å²) in [5.41, 5.74) is 4.20. The van der Waals surface area contributed by atoms with Crippen molar-refractivity contribution in [2.75, 3.05) is 6.61 Å². The number of carbonyl (C=O) groups excluding carboxylic acids is 1. The third kappa shape index (κ3) is 6.05. The molecular formula is C19H21ClN2O2. The van der Waals surface area contributed by atoms with E-state index in [2.05, 4.69) is 17.5 Å². The summed E-state index contributed by atoms with van der Waals surface area (Å²) in [4.78, 5) is 11.9. The number of unbranched alkanes of at least 4 members (excludes halogenated alkanes) is 1. The number of carbonyl (C=O) groups is 1. The van der Waals surface area contributed by atoms with Crippen LogP contribution in [0.3, 0.4) is 0 Å². The van der Waals surface area contributed by atoms with E-state index < -0.39 is 0 Å². The summed E-state index contributed by atoms with van der Waals surface area (Å²) in [7, 11) is 0. The average molecular weight is 345 g/mol. The molecule has 1 amide bonds. The van der Waals surface area contributed by atoms with E-state index in [1.54, 1.807) is 18.3 Å². The largest absolute Gasteiger partial charge is 0.493 e. The summed E-state index contributed by atoms with van der Waals surface area (Å²) in [6.07, 6.45) is 3.88. The number of benzene rings is 2. The molecule has 0 saturated carbocycles. The maximum atomic E-state index is 11.9. The SMILES string of the molecule is CCCCOc1ccc(Cl)cc1/C=N/NC(=O)Cc1ccccc1. The third-order valence-corrected chi connectivity index (χ3v) is 3.56. The number of hydrogen-bond acceptors (Lipinski definition) is 3. The molecular weight excluding hydrogens is 324 g/mol. The zero-order valence-corrected chi connectivity index (χ0v) is 14.4. The molecule has 1 N–H and O–H groups in total. The fourth-order valence-corrected chi connectivity index (χ4v) is 2.25. The molecule has 0 aliphatic carbocycles. The van der Waals surface area contributed by atoms with Crippen molar-refractivity contribution in [1.29, 1.82) is 0 Å². The Balaban J connectivity index is 1.95. The molecule has 0 aliphatic rings. The van der Waals surface area contributed by atoms with Gasteiger partial charge in [-0.05, 0) is 30.2 Å². The smallest absolute Gasteiger partial charge is 0.244 e. The molecule has 126 valence electrons. The Bertz CT molecular complexity index is 687. The summed E-state index contributed by atoms with van der Waals surface area (Å²) in [5.74, 6) is 0.529. The second-order valence-corrected chi connectivity index (χ2v) is 5.78. The van der Waals surface area contributed by atoms with Crippen molar-refractivity contribution < 1.29 is 9.53 Å². The maximum absolute atomic E-state index is 11.9.